The van der Waals surface area contributed by atoms with Gasteiger partial charge in [0.05, 0.1) is 17.1 Å². The summed E-state index contributed by atoms with van der Waals surface area (Å²) in [6.45, 7) is 3.87. The molecule has 0 radical (unpaired) electrons. The number of hydrogen-bond donors (Lipinski definition) is 1. The van der Waals surface area contributed by atoms with E-state index in [1.165, 1.54) is 0 Å². The third-order valence-electron chi connectivity index (χ3n) is 4.53. The van der Waals surface area contributed by atoms with Crippen molar-refractivity contribution in [2.24, 2.45) is 11.3 Å². The van der Waals surface area contributed by atoms with Gasteiger partial charge in [0.25, 0.3) is 0 Å². The predicted molar refractivity (Wildman–Crippen MR) is 68.7 cm³/mol. The molecule has 0 amide bonds. The third-order valence-corrected chi connectivity index (χ3v) is 4.53. The van der Waals surface area contributed by atoms with Gasteiger partial charge in [-0.3, -0.25) is 0 Å². The van der Waals surface area contributed by atoms with E-state index in [-0.39, 0.29) is 0 Å². The van der Waals surface area contributed by atoms with Crippen molar-refractivity contribution in [2.45, 2.75) is 57.8 Å². The highest BCUT2D eigenvalue weighted by Gasteiger charge is 2.52. The van der Waals surface area contributed by atoms with Crippen LogP contribution in [-0.4, -0.2) is 31.2 Å². The molecule has 3 atom stereocenters. The number of nitrogens with zero attached hydrogens (tertiary/aromatic N) is 1. The molecule has 0 aromatic carbocycles. The monoisotopic (exact) mass is 255 g/mol. The van der Waals surface area contributed by atoms with Gasteiger partial charge in [-0.05, 0) is 32.1 Å². The van der Waals surface area contributed by atoms with Crippen molar-refractivity contribution in [3.8, 4) is 6.07 Å². The molecule has 1 aliphatic carbocycles. The lowest BCUT2D eigenvalue weighted by Gasteiger charge is -2.39. The average molecular weight is 255 g/mol. The second kappa shape index (κ2) is 6.01. The summed E-state index contributed by atoms with van der Waals surface area (Å²) in [5.41, 5.74) is -1.74. The first-order valence-corrected chi connectivity index (χ1v) is 6.64. The summed E-state index contributed by atoms with van der Waals surface area (Å²) < 4.78 is 10.3. The highest BCUT2D eigenvalue weighted by Crippen LogP contribution is 2.51. The quantitative estimate of drug-likeness (QED) is 0.741. The summed E-state index contributed by atoms with van der Waals surface area (Å²) in [6, 6.07) is 2.37. The molecule has 0 aliphatic heterocycles. The van der Waals surface area contributed by atoms with Gasteiger partial charge >= 0.3 is 0 Å². The lowest BCUT2D eigenvalue weighted by molar-refractivity contribution is -0.161. The van der Waals surface area contributed by atoms with Crippen LogP contribution in [0.15, 0.2) is 0 Å². The molecule has 1 N–H and O–H groups in total. The molecule has 3 unspecified atom stereocenters. The van der Waals surface area contributed by atoms with E-state index in [0.29, 0.717) is 12.3 Å². The Kier molecular flexibility index (Phi) is 5.15. The SMILES string of the molecule is CCC1CCC(C#N)(C(C)(O)CC(OC)OC)C1. The maximum absolute atomic E-state index is 10.7. The predicted octanol–water partition coefficient (Wildman–Crippen LogP) is 2.47. The normalized spacial score (nSPS) is 31.3. The first-order valence-electron chi connectivity index (χ1n) is 6.64. The topological polar surface area (TPSA) is 62.5 Å². The molecule has 0 spiro atoms. The van der Waals surface area contributed by atoms with Crippen LogP contribution in [0.2, 0.25) is 0 Å². The lowest BCUT2D eigenvalue weighted by Crippen LogP contribution is -2.46. The molecule has 0 bridgehead atoms. The highest BCUT2D eigenvalue weighted by molar-refractivity contribution is 5.13. The van der Waals surface area contributed by atoms with Gasteiger partial charge in [0.2, 0.25) is 0 Å². The number of rotatable bonds is 6. The van der Waals surface area contributed by atoms with E-state index in [2.05, 4.69) is 13.0 Å². The molecule has 0 saturated heterocycles. The fourth-order valence-corrected chi connectivity index (χ4v) is 2.99. The van der Waals surface area contributed by atoms with Gasteiger partial charge in [-0.1, -0.05) is 13.3 Å². The number of hydrogen-bond acceptors (Lipinski definition) is 4. The van der Waals surface area contributed by atoms with Crippen molar-refractivity contribution < 1.29 is 14.6 Å². The van der Waals surface area contributed by atoms with E-state index in [1.54, 1.807) is 21.1 Å². The summed E-state index contributed by atoms with van der Waals surface area (Å²) in [7, 11) is 3.10. The minimum Gasteiger partial charge on any atom is -0.388 e. The van der Waals surface area contributed by atoms with Crippen LogP contribution in [0.1, 0.15) is 46.0 Å². The second-order valence-corrected chi connectivity index (χ2v) is 5.59. The van der Waals surface area contributed by atoms with Gasteiger partial charge in [0.1, 0.15) is 0 Å². The summed E-state index contributed by atoms with van der Waals surface area (Å²) in [4.78, 5) is 0. The minimum atomic E-state index is -1.08. The van der Waals surface area contributed by atoms with E-state index in [9.17, 15) is 10.4 Å². The van der Waals surface area contributed by atoms with Crippen molar-refractivity contribution >= 4 is 0 Å². The molecule has 4 heteroatoms. The maximum Gasteiger partial charge on any atom is 0.159 e. The zero-order chi connectivity index (χ0) is 13.8. The summed E-state index contributed by atoms with van der Waals surface area (Å²) in [6.07, 6.45) is 3.47. The Labute approximate surface area is 110 Å². The van der Waals surface area contributed by atoms with E-state index < -0.39 is 17.3 Å². The van der Waals surface area contributed by atoms with Crippen LogP contribution in [0.4, 0.5) is 0 Å². The number of nitriles is 1. The molecule has 1 aliphatic rings. The average Bonchev–Trinajstić information content (AvgIpc) is 2.81. The fraction of sp³-hybridized carbons (Fsp3) is 0.929. The van der Waals surface area contributed by atoms with Crippen molar-refractivity contribution in [2.75, 3.05) is 14.2 Å². The molecule has 104 valence electrons. The molecule has 18 heavy (non-hydrogen) atoms. The van der Waals surface area contributed by atoms with Crippen LogP contribution in [0, 0.1) is 22.7 Å². The summed E-state index contributed by atoms with van der Waals surface area (Å²) >= 11 is 0. The van der Waals surface area contributed by atoms with Crippen LogP contribution < -0.4 is 0 Å². The Morgan fingerprint density at radius 1 is 1.50 bits per heavy atom. The Morgan fingerprint density at radius 3 is 2.50 bits per heavy atom. The first kappa shape index (κ1) is 15.4. The van der Waals surface area contributed by atoms with Gasteiger partial charge in [-0.15, -0.1) is 0 Å². The second-order valence-electron chi connectivity index (χ2n) is 5.59. The van der Waals surface area contributed by atoms with E-state index in [4.69, 9.17) is 9.47 Å². The van der Waals surface area contributed by atoms with Crippen LogP contribution >= 0.6 is 0 Å². The Balaban J connectivity index is 2.84. The van der Waals surface area contributed by atoms with Crippen molar-refractivity contribution in [3.05, 3.63) is 0 Å². The maximum atomic E-state index is 10.7. The number of aliphatic hydroxyl groups is 1. The van der Waals surface area contributed by atoms with Crippen LogP contribution in [0.25, 0.3) is 0 Å². The minimum absolute atomic E-state index is 0.323. The van der Waals surface area contributed by atoms with Gasteiger partial charge in [-0.25, -0.2) is 0 Å². The molecule has 0 aromatic heterocycles. The van der Waals surface area contributed by atoms with Crippen molar-refractivity contribution in [3.63, 3.8) is 0 Å². The highest BCUT2D eigenvalue weighted by atomic mass is 16.7. The zero-order valence-electron chi connectivity index (χ0n) is 11.9. The van der Waals surface area contributed by atoms with E-state index in [0.717, 1.165) is 25.7 Å². The standard InChI is InChI=1S/C14H25NO3/c1-5-11-6-7-14(8-11,10-15)13(2,16)9-12(17-3)18-4/h11-12,16H,5-9H2,1-4H3. The lowest BCUT2D eigenvalue weighted by atomic mass is 9.70. The van der Waals surface area contributed by atoms with E-state index >= 15 is 0 Å². The van der Waals surface area contributed by atoms with Gasteiger partial charge in [0.15, 0.2) is 6.29 Å². The molecule has 1 fully saturated rings. The number of methoxy groups -OCH3 is 2. The molecule has 0 heterocycles. The molecule has 4 nitrogen and oxygen atoms in total. The Hall–Kier alpha value is -0.630. The van der Waals surface area contributed by atoms with Gasteiger partial charge in [0, 0.05) is 20.6 Å². The van der Waals surface area contributed by atoms with Crippen LogP contribution in [0.5, 0.6) is 0 Å². The van der Waals surface area contributed by atoms with Crippen LogP contribution in [0.3, 0.4) is 0 Å². The van der Waals surface area contributed by atoms with Crippen molar-refractivity contribution in [1.82, 2.24) is 0 Å². The third kappa shape index (κ3) is 2.85. The smallest absolute Gasteiger partial charge is 0.159 e. The Bertz CT molecular complexity index is 307. The Morgan fingerprint density at radius 2 is 2.11 bits per heavy atom. The molecular formula is C14H25NO3. The summed E-state index contributed by atoms with van der Waals surface area (Å²) in [5, 5.41) is 20.3. The largest absolute Gasteiger partial charge is 0.388 e. The summed E-state index contributed by atoms with van der Waals surface area (Å²) in [5.74, 6) is 0.541. The van der Waals surface area contributed by atoms with Gasteiger partial charge in [-0.2, -0.15) is 5.26 Å². The van der Waals surface area contributed by atoms with Crippen molar-refractivity contribution in [1.29, 1.82) is 5.26 Å². The first-order chi connectivity index (χ1) is 8.44. The zero-order valence-corrected chi connectivity index (χ0v) is 11.9. The van der Waals surface area contributed by atoms with Crippen LogP contribution in [-0.2, 0) is 9.47 Å². The van der Waals surface area contributed by atoms with E-state index in [1.807, 2.05) is 0 Å². The fourth-order valence-electron chi connectivity index (χ4n) is 2.99. The molecule has 1 saturated carbocycles. The molecule has 0 aromatic rings. The molecular weight excluding hydrogens is 230 g/mol. The molecule has 1 rings (SSSR count). The number of ether oxygens (including phenoxy) is 2. The van der Waals surface area contributed by atoms with Gasteiger partial charge < -0.3 is 14.6 Å².